The second kappa shape index (κ2) is 6.08. The van der Waals surface area contributed by atoms with Gasteiger partial charge >= 0.3 is 0 Å². The van der Waals surface area contributed by atoms with Gasteiger partial charge in [0.1, 0.15) is 0 Å². The second-order valence-corrected chi connectivity index (χ2v) is 6.37. The largest absolute Gasteiger partial charge is 0.256 e. The van der Waals surface area contributed by atoms with E-state index in [1.807, 2.05) is 6.07 Å². The maximum atomic E-state index is 2.21. The third-order valence-electron chi connectivity index (χ3n) is 4.83. The van der Waals surface area contributed by atoms with Crippen LogP contribution in [0.2, 0.25) is 0 Å². The van der Waals surface area contributed by atoms with Crippen molar-refractivity contribution in [2.24, 2.45) is 0 Å². The normalized spacial score (nSPS) is 14.7. The monoisotopic (exact) mass is 334 g/mol. The van der Waals surface area contributed by atoms with Crippen molar-refractivity contribution in [2.75, 3.05) is 5.01 Å². The number of hydrogen-bond donors (Lipinski definition) is 0. The van der Waals surface area contributed by atoms with Gasteiger partial charge in [0.15, 0.2) is 0 Å². The van der Waals surface area contributed by atoms with Crippen molar-refractivity contribution in [3.63, 3.8) is 0 Å². The van der Waals surface area contributed by atoms with Crippen LogP contribution in [-0.2, 0) is 0 Å². The lowest BCUT2D eigenvalue weighted by atomic mass is 9.96. The average molecular weight is 334 g/mol. The molecular formula is C24H18N2. The van der Waals surface area contributed by atoms with E-state index >= 15 is 0 Å². The first-order chi connectivity index (χ1) is 12.9. The molecule has 124 valence electrons. The molecular weight excluding hydrogens is 316 g/mol. The smallest absolute Gasteiger partial charge is 0.0708 e. The molecule has 0 spiro atoms. The summed E-state index contributed by atoms with van der Waals surface area (Å²) in [6.45, 7) is 0. The zero-order chi connectivity index (χ0) is 17.3. The van der Waals surface area contributed by atoms with Crippen molar-refractivity contribution in [1.82, 2.24) is 5.01 Å². The fourth-order valence-electron chi connectivity index (χ4n) is 3.61. The molecule has 0 saturated carbocycles. The highest BCUT2D eigenvalue weighted by Gasteiger charge is 2.25. The van der Waals surface area contributed by atoms with Gasteiger partial charge in [-0.2, -0.15) is 0 Å². The molecule has 2 heteroatoms. The molecule has 0 amide bonds. The molecule has 2 heterocycles. The Bertz CT molecular complexity index is 1030. The van der Waals surface area contributed by atoms with E-state index in [2.05, 4.69) is 113 Å². The Kier molecular flexibility index (Phi) is 3.46. The Morgan fingerprint density at radius 2 is 1.31 bits per heavy atom. The standard InChI is InChI=1S/C24H18N2/c1-3-9-19(10-4-1)21-13-7-14-24-22(21)16-18-26-23(15-8-17-25(24)26)20-11-5-2-6-12-20/h1-18H. The Balaban J connectivity index is 1.61. The molecule has 0 atom stereocenters. The molecule has 3 aromatic rings. The van der Waals surface area contributed by atoms with Crippen LogP contribution in [0.4, 0.5) is 5.69 Å². The molecule has 2 nitrogen and oxygen atoms in total. The Morgan fingerprint density at radius 3 is 2.08 bits per heavy atom. The summed E-state index contributed by atoms with van der Waals surface area (Å²) in [5, 5.41) is 4.41. The lowest BCUT2D eigenvalue weighted by molar-refractivity contribution is 0.530. The summed E-state index contributed by atoms with van der Waals surface area (Å²) in [6.07, 6.45) is 10.7. The first-order valence-electron chi connectivity index (χ1n) is 8.81. The fraction of sp³-hybridized carbons (Fsp3) is 0. The van der Waals surface area contributed by atoms with Crippen LogP contribution in [0.3, 0.4) is 0 Å². The number of anilines is 1. The van der Waals surface area contributed by atoms with Crippen LogP contribution in [0.1, 0.15) is 11.1 Å². The van der Waals surface area contributed by atoms with Crippen molar-refractivity contribution in [2.45, 2.75) is 0 Å². The number of benzene rings is 3. The van der Waals surface area contributed by atoms with Gasteiger partial charge in [-0.25, -0.2) is 0 Å². The molecule has 0 N–H and O–H groups in total. The summed E-state index contributed by atoms with van der Waals surface area (Å²) in [7, 11) is 0. The van der Waals surface area contributed by atoms with E-state index in [1.54, 1.807) is 0 Å². The van der Waals surface area contributed by atoms with Gasteiger partial charge in [0, 0.05) is 23.5 Å². The molecule has 0 aliphatic carbocycles. The molecule has 0 bridgehead atoms. The molecule has 0 radical (unpaired) electrons. The van der Waals surface area contributed by atoms with E-state index in [-0.39, 0.29) is 0 Å². The van der Waals surface area contributed by atoms with Gasteiger partial charge in [0.2, 0.25) is 0 Å². The van der Waals surface area contributed by atoms with E-state index < -0.39 is 0 Å². The molecule has 0 saturated heterocycles. The minimum Gasteiger partial charge on any atom is -0.256 e. The maximum absolute atomic E-state index is 2.21. The molecule has 0 fully saturated rings. The second-order valence-electron chi connectivity index (χ2n) is 6.37. The Morgan fingerprint density at radius 1 is 0.577 bits per heavy atom. The van der Waals surface area contributed by atoms with Gasteiger partial charge in [-0.3, -0.25) is 10.0 Å². The average Bonchev–Trinajstić information content (AvgIpc) is 2.74. The number of nitrogens with zero attached hydrogens (tertiary/aromatic N) is 2. The zero-order valence-electron chi connectivity index (χ0n) is 14.3. The zero-order valence-corrected chi connectivity index (χ0v) is 14.3. The van der Waals surface area contributed by atoms with Gasteiger partial charge in [0.05, 0.1) is 11.4 Å². The van der Waals surface area contributed by atoms with Gasteiger partial charge in [-0.05, 0) is 35.4 Å². The Labute approximate surface area is 153 Å². The quantitative estimate of drug-likeness (QED) is 0.573. The highest BCUT2D eigenvalue weighted by Crippen LogP contribution is 2.39. The highest BCUT2D eigenvalue weighted by atomic mass is 15.6. The summed E-state index contributed by atoms with van der Waals surface area (Å²) in [4.78, 5) is 0. The van der Waals surface area contributed by atoms with Gasteiger partial charge < -0.3 is 0 Å². The predicted octanol–water partition coefficient (Wildman–Crippen LogP) is 5.93. The molecule has 2 aliphatic heterocycles. The molecule has 2 aliphatic rings. The number of rotatable bonds is 2. The van der Waals surface area contributed by atoms with Gasteiger partial charge in [0.25, 0.3) is 0 Å². The molecule has 0 aromatic heterocycles. The minimum atomic E-state index is 1.17. The topological polar surface area (TPSA) is 6.48 Å². The van der Waals surface area contributed by atoms with E-state index in [0.717, 1.165) is 0 Å². The third-order valence-corrected chi connectivity index (χ3v) is 4.83. The van der Waals surface area contributed by atoms with Crippen molar-refractivity contribution in [1.29, 1.82) is 0 Å². The predicted molar refractivity (Wildman–Crippen MR) is 109 cm³/mol. The van der Waals surface area contributed by atoms with Gasteiger partial charge in [-0.15, -0.1) is 0 Å². The highest BCUT2D eigenvalue weighted by molar-refractivity contribution is 5.87. The van der Waals surface area contributed by atoms with Crippen LogP contribution >= 0.6 is 0 Å². The first-order valence-corrected chi connectivity index (χ1v) is 8.81. The first kappa shape index (κ1) is 14.8. The van der Waals surface area contributed by atoms with Crippen LogP contribution in [0.25, 0.3) is 22.9 Å². The molecule has 3 aromatic carbocycles. The lowest BCUT2D eigenvalue weighted by Crippen LogP contribution is -2.37. The van der Waals surface area contributed by atoms with Crippen molar-refractivity contribution in [3.8, 4) is 11.1 Å². The molecule has 0 unspecified atom stereocenters. The van der Waals surface area contributed by atoms with E-state index in [1.165, 1.54) is 33.6 Å². The van der Waals surface area contributed by atoms with Crippen molar-refractivity contribution in [3.05, 3.63) is 115 Å². The van der Waals surface area contributed by atoms with Crippen LogP contribution in [0, 0.1) is 0 Å². The Hall–Kier alpha value is -3.52. The summed E-state index contributed by atoms with van der Waals surface area (Å²) < 4.78 is 0. The number of hydrazine groups is 1. The van der Waals surface area contributed by atoms with E-state index in [0.29, 0.717) is 0 Å². The van der Waals surface area contributed by atoms with Crippen LogP contribution in [0.5, 0.6) is 0 Å². The number of hydrogen-bond acceptors (Lipinski definition) is 2. The minimum absolute atomic E-state index is 1.17. The fourth-order valence-corrected chi connectivity index (χ4v) is 3.61. The van der Waals surface area contributed by atoms with Crippen LogP contribution < -0.4 is 5.01 Å². The number of fused-ring (bicyclic) bond motifs is 3. The molecule has 5 rings (SSSR count). The van der Waals surface area contributed by atoms with E-state index in [9.17, 15) is 0 Å². The lowest BCUT2D eigenvalue weighted by Gasteiger charge is -2.40. The summed E-state index contributed by atoms with van der Waals surface area (Å²) in [5.41, 5.74) is 7.29. The van der Waals surface area contributed by atoms with Crippen LogP contribution in [0.15, 0.2) is 103 Å². The summed E-state index contributed by atoms with van der Waals surface area (Å²) in [6, 6.07) is 27.6. The van der Waals surface area contributed by atoms with E-state index in [4.69, 9.17) is 0 Å². The number of allylic oxidation sites excluding steroid dienone is 2. The van der Waals surface area contributed by atoms with Gasteiger partial charge in [-0.1, -0.05) is 72.8 Å². The maximum Gasteiger partial charge on any atom is 0.0708 e. The van der Waals surface area contributed by atoms with Crippen LogP contribution in [-0.4, -0.2) is 5.01 Å². The molecule has 26 heavy (non-hydrogen) atoms. The SMILES string of the molecule is C1=CN2c3cccc(-c4ccccc4)c3C=CN2C(c2ccccc2)=C1. The summed E-state index contributed by atoms with van der Waals surface area (Å²) in [5.74, 6) is 0. The van der Waals surface area contributed by atoms with Crippen molar-refractivity contribution < 1.29 is 0 Å². The summed E-state index contributed by atoms with van der Waals surface area (Å²) >= 11 is 0. The van der Waals surface area contributed by atoms with Crippen molar-refractivity contribution >= 4 is 17.5 Å². The third kappa shape index (κ3) is 2.35.